The minimum Gasteiger partial charge on any atom is -0.355 e. The fourth-order valence-corrected chi connectivity index (χ4v) is 0.868. The van der Waals surface area contributed by atoms with Gasteiger partial charge in [0.25, 0.3) is 0 Å². The fourth-order valence-electron chi connectivity index (χ4n) is 0.868. The highest BCUT2D eigenvalue weighted by Crippen LogP contribution is 1.90. The van der Waals surface area contributed by atoms with Crippen molar-refractivity contribution in [2.24, 2.45) is 0 Å². The molecule has 0 aromatic carbocycles. The summed E-state index contributed by atoms with van der Waals surface area (Å²) in [5.74, 6) is 2.32. The molecule has 2 N–H and O–H groups in total. The second kappa shape index (κ2) is 9.57. The number of terminal acetylenes is 1. The van der Waals surface area contributed by atoms with Gasteiger partial charge >= 0.3 is 0 Å². The van der Waals surface area contributed by atoms with Crippen LogP contribution in [-0.4, -0.2) is 25.5 Å². The lowest BCUT2D eigenvalue weighted by Gasteiger charge is -2.03. The van der Waals surface area contributed by atoms with Crippen LogP contribution in [0.5, 0.6) is 0 Å². The Kier molecular flexibility index (Phi) is 8.53. The minimum atomic E-state index is -0.0581. The van der Waals surface area contributed by atoms with E-state index in [1.54, 1.807) is 0 Å². The van der Waals surface area contributed by atoms with Gasteiger partial charge < -0.3 is 5.32 Å². The van der Waals surface area contributed by atoms with Crippen LogP contribution >= 0.6 is 0 Å². The van der Waals surface area contributed by atoms with Crippen molar-refractivity contribution in [3.05, 3.63) is 0 Å². The summed E-state index contributed by atoms with van der Waals surface area (Å²) in [6.45, 7) is 1.28. The lowest BCUT2D eigenvalue weighted by atomic mass is 10.2. The molecule has 0 saturated heterocycles. The van der Waals surface area contributed by atoms with E-state index in [1.165, 1.54) is 0 Å². The van der Waals surface area contributed by atoms with E-state index in [1.807, 2.05) is 0 Å². The van der Waals surface area contributed by atoms with E-state index in [4.69, 9.17) is 11.7 Å². The molecule has 0 aliphatic rings. The highest BCUT2D eigenvalue weighted by atomic mass is 16.1. The van der Waals surface area contributed by atoms with Gasteiger partial charge in [-0.05, 0) is 12.8 Å². The van der Waals surface area contributed by atoms with E-state index < -0.39 is 0 Å². The number of hydrogen-bond acceptors (Lipinski definition) is 3. The first kappa shape index (κ1) is 12.5. The Balaban J connectivity index is 3.20. The van der Waals surface area contributed by atoms with Crippen LogP contribution in [0.1, 0.15) is 19.3 Å². The monoisotopic (exact) mass is 193 g/mol. The topological polar surface area (TPSA) is 64.9 Å². The molecule has 76 valence electrons. The Bertz CT molecular complexity index is 237. The average molecular weight is 193 g/mol. The Hall–Kier alpha value is -1.52. The van der Waals surface area contributed by atoms with Crippen molar-refractivity contribution in [3.8, 4) is 18.4 Å². The summed E-state index contributed by atoms with van der Waals surface area (Å²) in [6, 6.07) is 2.05. The molecule has 0 spiro atoms. The number of nitrogens with one attached hydrogen (secondary N) is 2. The molecule has 0 aliphatic carbocycles. The highest BCUT2D eigenvalue weighted by molar-refractivity contribution is 5.77. The van der Waals surface area contributed by atoms with Gasteiger partial charge in [0, 0.05) is 13.0 Å². The zero-order valence-electron chi connectivity index (χ0n) is 8.18. The van der Waals surface area contributed by atoms with E-state index in [9.17, 15) is 4.79 Å². The molecule has 4 heteroatoms. The summed E-state index contributed by atoms with van der Waals surface area (Å²) in [6.07, 6.45) is 7.21. The summed E-state index contributed by atoms with van der Waals surface area (Å²) in [5, 5.41) is 13.8. The molecule has 0 radical (unpaired) electrons. The number of carbonyl (C=O) groups is 1. The van der Waals surface area contributed by atoms with Crippen LogP contribution in [0.2, 0.25) is 0 Å². The van der Waals surface area contributed by atoms with Gasteiger partial charge in [-0.3, -0.25) is 10.1 Å². The Labute approximate surface area is 84.7 Å². The molecule has 1 amide bonds. The zero-order valence-corrected chi connectivity index (χ0v) is 8.18. The van der Waals surface area contributed by atoms with E-state index in [-0.39, 0.29) is 12.5 Å². The molecule has 4 nitrogen and oxygen atoms in total. The Morgan fingerprint density at radius 2 is 2.21 bits per heavy atom. The lowest BCUT2D eigenvalue weighted by Crippen LogP contribution is -2.34. The number of rotatable bonds is 7. The SMILES string of the molecule is C#CCNCC(=O)NCCCCC#N. The molecule has 0 unspecified atom stereocenters. The van der Waals surface area contributed by atoms with Crippen LogP contribution in [0.3, 0.4) is 0 Å². The van der Waals surface area contributed by atoms with Crippen molar-refractivity contribution in [1.82, 2.24) is 10.6 Å². The standard InChI is InChI=1S/C10H15N3O/c1-2-7-12-9-10(14)13-8-5-3-4-6-11/h1,12H,3-5,7-9H2,(H,13,14). The first-order valence-electron chi connectivity index (χ1n) is 4.59. The molecule has 0 rings (SSSR count). The maximum atomic E-state index is 11.0. The molecule has 0 aromatic heterocycles. The van der Waals surface area contributed by atoms with Gasteiger partial charge in [-0.2, -0.15) is 5.26 Å². The molecule has 0 saturated carbocycles. The van der Waals surface area contributed by atoms with Crippen LogP contribution in [0.15, 0.2) is 0 Å². The van der Waals surface area contributed by atoms with E-state index in [0.717, 1.165) is 12.8 Å². The molecule has 0 heterocycles. The maximum Gasteiger partial charge on any atom is 0.233 e. The van der Waals surface area contributed by atoms with Gasteiger partial charge in [0.05, 0.1) is 19.2 Å². The van der Waals surface area contributed by atoms with E-state index in [0.29, 0.717) is 19.5 Å². The molecule has 14 heavy (non-hydrogen) atoms. The lowest BCUT2D eigenvalue weighted by molar-refractivity contribution is -0.120. The Morgan fingerprint density at radius 3 is 2.86 bits per heavy atom. The molecule has 0 aliphatic heterocycles. The van der Waals surface area contributed by atoms with Crippen molar-refractivity contribution in [2.75, 3.05) is 19.6 Å². The predicted molar refractivity (Wildman–Crippen MR) is 54.2 cm³/mol. The number of nitriles is 1. The number of nitrogens with zero attached hydrogens (tertiary/aromatic N) is 1. The summed E-state index contributed by atoms with van der Waals surface area (Å²) < 4.78 is 0. The third kappa shape index (κ3) is 8.58. The summed E-state index contributed by atoms with van der Waals surface area (Å²) >= 11 is 0. The predicted octanol–water partition coefficient (Wildman–Crippen LogP) is 0.0193. The van der Waals surface area contributed by atoms with Crippen molar-refractivity contribution < 1.29 is 4.79 Å². The maximum absolute atomic E-state index is 11.0. The van der Waals surface area contributed by atoms with Gasteiger partial charge in [0.1, 0.15) is 0 Å². The Morgan fingerprint density at radius 1 is 1.43 bits per heavy atom. The van der Waals surface area contributed by atoms with Crippen LogP contribution < -0.4 is 10.6 Å². The van der Waals surface area contributed by atoms with Crippen molar-refractivity contribution >= 4 is 5.91 Å². The number of carbonyl (C=O) groups excluding carboxylic acids is 1. The first-order chi connectivity index (χ1) is 6.81. The van der Waals surface area contributed by atoms with Gasteiger partial charge in [0.2, 0.25) is 5.91 Å². The average Bonchev–Trinajstić information content (AvgIpc) is 2.18. The van der Waals surface area contributed by atoms with Crippen LogP contribution in [0.25, 0.3) is 0 Å². The van der Waals surface area contributed by atoms with Crippen LogP contribution in [0, 0.1) is 23.7 Å². The molecular weight excluding hydrogens is 178 g/mol. The smallest absolute Gasteiger partial charge is 0.233 e. The zero-order chi connectivity index (χ0) is 10.6. The fraction of sp³-hybridized carbons (Fsp3) is 0.600. The molecule has 0 atom stereocenters. The summed E-state index contributed by atoms with van der Waals surface area (Å²) in [4.78, 5) is 11.0. The van der Waals surface area contributed by atoms with Gasteiger partial charge in [-0.1, -0.05) is 5.92 Å². The van der Waals surface area contributed by atoms with Gasteiger partial charge in [-0.25, -0.2) is 0 Å². The van der Waals surface area contributed by atoms with Crippen molar-refractivity contribution in [2.45, 2.75) is 19.3 Å². The highest BCUT2D eigenvalue weighted by Gasteiger charge is 1.97. The summed E-state index contributed by atoms with van der Waals surface area (Å²) in [5.41, 5.74) is 0. The number of hydrogen-bond donors (Lipinski definition) is 2. The molecule has 0 bridgehead atoms. The third-order valence-corrected chi connectivity index (χ3v) is 1.55. The van der Waals surface area contributed by atoms with Crippen LogP contribution in [0.4, 0.5) is 0 Å². The normalized spacial score (nSPS) is 8.71. The second-order valence-corrected chi connectivity index (χ2v) is 2.77. The largest absolute Gasteiger partial charge is 0.355 e. The van der Waals surface area contributed by atoms with Crippen molar-refractivity contribution in [1.29, 1.82) is 5.26 Å². The second-order valence-electron chi connectivity index (χ2n) is 2.77. The summed E-state index contributed by atoms with van der Waals surface area (Å²) in [7, 11) is 0. The molecule has 0 fully saturated rings. The number of amides is 1. The number of unbranched alkanes of at least 4 members (excludes halogenated alkanes) is 2. The third-order valence-electron chi connectivity index (χ3n) is 1.55. The van der Waals surface area contributed by atoms with Crippen LogP contribution in [-0.2, 0) is 4.79 Å². The quantitative estimate of drug-likeness (QED) is 0.442. The van der Waals surface area contributed by atoms with Crippen molar-refractivity contribution in [3.63, 3.8) is 0 Å². The van der Waals surface area contributed by atoms with E-state index in [2.05, 4.69) is 22.6 Å². The minimum absolute atomic E-state index is 0.0581. The van der Waals surface area contributed by atoms with Gasteiger partial charge in [0.15, 0.2) is 0 Å². The molecular formula is C10H15N3O. The molecule has 0 aromatic rings. The van der Waals surface area contributed by atoms with Gasteiger partial charge in [-0.15, -0.1) is 6.42 Å². The van der Waals surface area contributed by atoms with E-state index >= 15 is 0 Å². The first-order valence-corrected chi connectivity index (χ1v) is 4.59.